The van der Waals surface area contributed by atoms with Crippen molar-refractivity contribution in [2.45, 2.75) is 16.7 Å². The maximum absolute atomic E-state index is 12.4. The molecule has 0 saturated heterocycles. The van der Waals surface area contributed by atoms with Crippen molar-refractivity contribution in [2.75, 3.05) is 17.8 Å². The molecule has 4 N–H and O–H groups in total. The molecule has 0 amide bonds. The molecule has 2 aromatic heterocycles. The van der Waals surface area contributed by atoms with E-state index in [1.54, 1.807) is 41.8 Å². The van der Waals surface area contributed by atoms with Crippen LogP contribution in [0.4, 0.5) is 5.69 Å². The third-order valence-corrected chi connectivity index (χ3v) is 7.65. The number of aromatic nitrogens is 1. The van der Waals surface area contributed by atoms with Crippen LogP contribution < -0.4 is 10.0 Å². The fourth-order valence-electron chi connectivity index (χ4n) is 3.35. The summed E-state index contributed by atoms with van der Waals surface area (Å²) in [5.74, 6) is 0. The summed E-state index contributed by atoms with van der Waals surface area (Å²) in [6.07, 6.45) is 2.13. The van der Waals surface area contributed by atoms with Crippen molar-refractivity contribution in [3.05, 3.63) is 83.4 Å². The van der Waals surface area contributed by atoms with Crippen LogP contribution in [0.3, 0.4) is 0 Å². The van der Waals surface area contributed by atoms with Crippen molar-refractivity contribution in [3.63, 3.8) is 0 Å². The lowest BCUT2D eigenvalue weighted by Crippen LogP contribution is -2.23. The first-order valence-corrected chi connectivity index (χ1v) is 12.0. The minimum Gasteiger partial charge on any atom is -0.387 e. The number of aromatic amines is 1. The Kier molecular flexibility index (Phi) is 6.19. The second-order valence-corrected chi connectivity index (χ2v) is 9.85. The first kappa shape index (κ1) is 20.6. The lowest BCUT2D eigenvalue weighted by molar-refractivity contribution is 0.175. The zero-order valence-electron chi connectivity index (χ0n) is 16.2. The number of aliphatic hydroxyl groups excluding tert-OH is 1. The monoisotopic (exact) mass is 441 g/mol. The molecule has 0 aliphatic heterocycles. The maximum atomic E-state index is 12.4. The maximum Gasteiger partial charge on any atom is 0.271 e. The van der Waals surface area contributed by atoms with Crippen LogP contribution in [-0.2, 0) is 16.4 Å². The molecule has 1 atom stereocenters. The molecule has 0 fully saturated rings. The fraction of sp³-hybridized carbons (Fsp3) is 0.182. The Labute approximate surface area is 179 Å². The van der Waals surface area contributed by atoms with Crippen molar-refractivity contribution < 1.29 is 13.5 Å². The van der Waals surface area contributed by atoms with Crippen molar-refractivity contribution in [2.24, 2.45) is 0 Å². The molecule has 156 valence electrons. The van der Waals surface area contributed by atoms with E-state index in [1.807, 2.05) is 18.3 Å². The Hall–Kier alpha value is -2.65. The Bertz CT molecular complexity index is 1220. The van der Waals surface area contributed by atoms with Gasteiger partial charge in [-0.3, -0.25) is 4.72 Å². The van der Waals surface area contributed by atoms with E-state index in [9.17, 15) is 13.5 Å². The van der Waals surface area contributed by atoms with E-state index in [0.717, 1.165) is 29.8 Å². The van der Waals surface area contributed by atoms with Crippen LogP contribution in [0.2, 0.25) is 0 Å². The van der Waals surface area contributed by atoms with E-state index >= 15 is 0 Å². The highest BCUT2D eigenvalue weighted by molar-refractivity contribution is 7.94. The van der Waals surface area contributed by atoms with Gasteiger partial charge in [-0.15, -0.1) is 11.3 Å². The summed E-state index contributed by atoms with van der Waals surface area (Å²) in [5.41, 5.74) is 3.44. The topological polar surface area (TPSA) is 94.2 Å². The summed E-state index contributed by atoms with van der Waals surface area (Å²) in [5, 5.41) is 16.7. The number of hydrogen-bond acceptors (Lipinski definition) is 5. The summed E-state index contributed by atoms with van der Waals surface area (Å²) in [6.45, 7) is 1.10. The highest BCUT2D eigenvalue weighted by Crippen LogP contribution is 2.23. The first-order valence-electron chi connectivity index (χ1n) is 9.63. The van der Waals surface area contributed by atoms with Crippen molar-refractivity contribution in [1.29, 1.82) is 0 Å². The standard InChI is InChI=1S/C22H23N3O3S2/c26-21(15-23-11-10-17-14-24-20-8-2-1-7-19(17)20)16-5-3-6-18(13-16)25-30(27,28)22-9-4-12-29-22/h1-9,12-14,21,23-26H,10-11,15H2/t21-/m0/s1. The average molecular weight is 442 g/mol. The Balaban J connectivity index is 1.32. The Morgan fingerprint density at radius 1 is 1.07 bits per heavy atom. The highest BCUT2D eigenvalue weighted by Gasteiger charge is 2.16. The van der Waals surface area contributed by atoms with Crippen molar-refractivity contribution in [3.8, 4) is 0 Å². The summed E-state index contributed by atoms with van der Waals surface area (Å²) in [4.78, 5) is 3.27. The molecule has 4 rings (SSSR count). The molecule has 2 aromatic carbocycles. The zero-order chi connectivity index (χ0) is 21.0. The fourth-order valence-corrected chi connectivity index (χ4v) is 5.39. The SMILES string of the molecule is O=S(=O)(Nc1cccc([C@@H](O)CNCCc2c[nH]c3ccccc23)c1)c1cccs1. The minimum absolute atomic E-state index is 0.257. The van der Waals surface area contributed by atoms with E-state index in [1.165, 1.54) is 10.9 Å². The van der Waals surface area contributed by atoms with E-state index in [-0.39, 0.29) is 4.21 Å². The molecule has 0 spiro atoms. The smallest absolute Gasteiger partial charge is 0.271 e. The molecule has 4 aromatic rings. The zero-order valence-corrected chi connectivity index (χ0v) is 17.8. The number of anilines is 1. The second-order valence-electron chi connectivity index (χ2n) is 6.99. The lowest BCUT2D eigenvalue weighted by Gasteiger charge is -2.14. The van der Waals surface area contributed by atoms with Crippen LogP contribution in [0.15, 0.2) is 76.4 Å². The number of para-hydroxylation sites is 1. The molecule has 6 nitrogen and oxygen atoms in total. The van der Waals surface area contributed by atoms with Gasteiger partial charge in [-0.05, 0) is 53.7 Å². The van der Waals surface area contributed by atoms with E-state index in [2.05, 4.69) is 27.2 Å². The normalized spacial score (nSPS) is 12.8. The van der Waals surface area contributed by atoms with Gasteiger partial charge in [0.25, 0.3) is 10.0 Å². The van der Waals surface area contributed by atoms with Gasteiger partial charge >= 0.3 is 0 Å². The molecule has 0 aliphatic rings. The van der Waals surface area contributed by atoms with Crippen LogP contribution in [0, 0.1) is 0 Å². The number of sulfonamides is 1. The molecule has 30 heavy (non-hydrogen) atoms. The van der Waals surface area contributed by atoms with Gasteiger partial charge in [-0.2, -0.15) is 0 Å². The van der Waals surface area contributed by atoms with Gasteiger partial charge in [0.05, 0.1) is 6.10 Å². The molecule has 2 heterocycles. The molecular formula is C22H23N3O3S2. The number of rotatable bonds is 9. The lowest BCUT2D eigenvalue weighted by atomic mass is 10.1. The van der Waals surface area contributed by atoms with Crippen LogP contribution >= 0.6 is 11.3 Å². The van der Waals surface area contributed by atoms with Gasteiger partial charge in [-0.25, -0.2) is 8.42 Å². The van der Waals surface area contributed by atoms with Crippen molar-refractivity contribution >= 4 is 38.0 Å². The third kappa shape index (κ3) is 4.73. The van der Waals surface area contributed by atoms with Crippen LogP contribution in [0.25, 0.3) is 10.9 Å². The predicted molar refractivity (Wildman–Crippen MR) is 121 cm³/mol. The van der Waals surface area contributed by atoms with E-state index in [4.69, 9.17) is 0 Å². The summed E-state index contributed by atoms with van der Waals surface area (Å²) >= 11 is 1.16. The number of thiophene rings is 1. The van der Waals surface area contributed by atoms with Crippen LogP contribution in [0.5, 0.6) is 0 Å². The van der Waals surface area contributed by atoms with E-state index < -0.39 is 16.1 Å². The summed E-state index contributed by atoms with van der Waals surface area (Å²) < 4.78 is 27.6. The average Bonchev–Trinajstić information content (AvgIpc) is 3.42. The molecular weight excluding hydrogens is 418 g/mol. The second kappa shape index (κ2) is 9.01. The number of hydrogen-bond donors (Lipinski definition) is 4. The first-order chi connectivity index (χ1) is 14.5. The number of nitrogens with one attached hydrogen (secondary N) is 3. The molecule has 0 radical (unpaired) electrons. The molecule has 0 aliphatic carbocycles. The van der Waals surface area contributed by atoms with Gasteiger partial charge in [0, 0.05) is 29.3 Å². The highest BCUT2D eigenvalue weighted by atomic mass is 32.2. The number of fused-ring (bicyclic) bond motifs is 1. The quantitative estimate of drug-likeness (QED) is 0.296. The van der Waals surface area contributed by atoms with Crippen LogP contribution in [-0.4, -0.2) is 31.6 Å². The van der Waals surface area contributed by atoms with Gasteiger partial charge < -0.3 is 15.4 Å². The predicted octanol–water partition coefficient (Wildman–Crippen LogP) is 3.90. The number of aliphatic hydroxyl groups is 1. The molecule has 8 heteroatoms. The van der Waals surface area contributed by atoms with Gasteiger partial charge in [0.15, 0.2) is 0 Å². The van der Waals surface area contributed by atoms with E-state index in [0.29, 0.717) is 17.8 Å². The Morgan fingerprint density at radius 2 is 1.93 bits per heavy atom. The van der Waals surface area contributed by atoms with Gasteiger partial charge in [0.2, 0.25) is 0 Å². The largest absolute Gasteiger partial charge is 0.387 e. The number of benzene rings is 2. The number of H-pyrrole nitrogens is 1. The Morgan fingerprint density at radius 3 is 2.77 bits per heavy atom. The summed E-state index contributed by atoms with van der Waals surface area (Å²) in [7, 11) is -3.61. The molecule has 0 unspecified atom stereocenters. The molecule has 0 bridgehead atoms. The third-order valence-electron chi connectivity index (χ3n) is 4.87. The van der Waals surface area contributed by atoms with Gasteiger partial charge in [0.1, 0.15) is 4.21 Å². The van der Waals surface area contributed by atoms with Gasteiger partial charge in [-0.1, -0.05) is 36.4 Å². The van der Waals surface area contributed by atoms with Crippen molar-refractivity contribution in [1.82, 2.24) is 10.3 Å². The molecule has 0 saturated carbocycles. The van der Waals surface area contributed by atoms with Crippen LogP contribution in [0.1, 0.15) is 17.2 Å². The summed E-state index contributed by atoms with van der Waals surface area (Å²) in [6, 6.07) is 18.3. The minimum atomic E-state index is -3.61.